The van der Waals surface area contributed by atoms with Gasteiger partial charge in [-0.1, -0.05) is 29.8 Å². The Morgan fingerprint density at radius 3 is 2.72 bits per heavy atom. The van der Waals surface area contributed by atoms with Gasteiger partial charge in [0.15, 0.2) is 0 Å². The second-order valence-electron chi connectivity index (χ2n) is 4.06. The van der Waals surface area contributed by atoms with Crippen molar-refractivity contribution in [2.45, 2.75) is 12.5 Å². The summed E-state index contributed by atoms with van der Waals surface area (Å²) in [4.78, 5) is 0. The van der Waals surface area contributed by atoms with Gasteiger partial charge in [0.2, 0.25) is 0 Å². The maximum atomic E-state index is 6.08. The van der Waals surface area contributed by atoms with Gasteiger partial charge >= 0.3 is 0 Å². The number of hydrogen-bond donors (Lipinski definition) is 1. The van der Waals surface area contributed by atoms with Crippen molar-refractivity contribution in [1.29, 1.82) is 0 Å². The van der Waals surface area contributed by atoms with E-state index in [1.807, 2.05) is 37.4 Å². The molecule has 0 aliphatic rings. The summed E-state index contributed by atoms with van der Waals surface area (Å²) in [7, 11) is 1.83. The molecule has 0 saturated heterocycles. The fourth-order valence-corrected chi connectivity index (χ4v) is 2.10. The molecule has 0 spiro atoms. The summed E-state index contributed by atoms with van der Waals surface area (Å²) in [5.74, 6) is 0.848. The van der Waals surface area contributed by atoms with Crippen molar-refractivity contribution in [3.05, 3.63) is 47.2 Å². The molecule has 96 valence electrons. The maximum Gasteiger partial charge on any atom is 0.119 e. The van der Waals surface area contributed by atoms with Gasteiger partial charge in [-0.15, -0.1) is 0 Å². The van der Waals surface area contributed by atoms with Crippen LogP contribution in [0.4, 0.5) is 0 Å². The molecular formula is C13H16ClN3O. The average Bonchev–Trinajstić information content (AvgIpc) is 2.70. The molecule has 1 heterocycles. The lowest BCUT2D eigenvalue weighted by Gasteiger charge is -2.13. The average molecular weight is 266 g/mol. The molecule has 1 aromatic carbocycles. The van der Waals surface area contributed by atoms with Crippen LogP contribution in [0.3, 0.4) is 0 Å². The number of para-hydroxylation sites is 1. The zero-order chi connectivity index (χ0) is 13.0. The molecule has 1 atom stereocenters. The van der Waals surface area contributed by atoms with Gasteiger partial charge in [0, 0.05) is 13.5 Å². The highest BCUT2D eigenvalue weighted by Crippen LogP contribution is 2.22. The molecule has 1 aromatic heterocycles. The van der Waals surface area contributed by atoms with E-state index in [0.717, 1.165) is 11.4 Å². The van der Waals surface area contributed by atoms with Crippen molar-refractivity contribution in [3.63, 3.8) is 0 Å². The lowest BCUT2D eigenvalue weighted by atomic mass is 10.1. The minimum absolute atomic E-state index is 0.172. The van der Waals surface area contributed by atoms with Gasteiger partial charge in [0.1, 0.15) is 5.75 Å². The van der Waals surface area contributed by atoms with Gasteiger partial charge in [0.25, 0.3) is 0 Å². The molecule has 2 rings (SSSR count). The van der Waals surface area contributed by atoms with Gasteiger partial charge in [0.05, 0.1) is 29.6 Å². The number of nitrogens with two attached hydrogens (primary N) is 1. The van der Waals surface area contributed by atoms with Crippen LogP contribution in [0.2, 0.25) is 5.02 Å². The van der Waals surface area contributed by atoms with Crippen LogP contribution in [0, 0.1) is 0 Å². The lowest BCUT2D eigenvalue weighted by Crippen LogP contribution is -2.18. The number of aromatic nitrogens is 2. The van der Waals surface area contributed by atoms with Crippen LogP contribution < -0.4 is 10.5 Å². The zero-order valence-corrected chi connectivity index (χ0v) is 11.0. The molecule has 5 heteroatoms. The van der Waals surface area contributed by atoms with E-state index in [1.165, 1.54) is 0 Å². The summed E-state index contributed by atoms with van der Waals surface area (Å²) in [5, 5.41) is 4.67. The van der Waals surface area contributed by atoms with Crippen molar-refractivity contribution >= 4 is 11.6 Å². The van der Waals surface area contributed by atoms with E-state index in [2.05, 4.69) is 5.10 Å². The minimum Gasteiger partial charge on any atom is -0.494 e. The van der Waals surface area contributed by atoms with E-state index in [-0.39, 0.29) is 6.04 Å². The summed E-state index contributed by atoms with van der Waals surface area (Å²) in [6.45, 7) is 0.548. The van der Waals surface area contributed by atoms with Gasteiger partial charge in [-0.05, 0) is 12.1 Å². The molecule has 4 nitrogen and oxygen atoms in total. The third kappa shape index (κ3) is 3.03. The largest absolute Gasteiger partial charge is 0.494 e. The van der Waals surface area contributed by atoms with Gasteiger partial charge < -0.3 is 10.5 Å². The molecule has 2 N–H and O–H groups in total. The highest BCUT2D eigenvalue weighted by Gasteiger charge is 2.14. The lowest BCUT2D eigenvalue weighted by molar-refractivity contribution is 0.296. The van der Waals surface area contributed by atoms with E-state index in [9.17, 15) is 0 Å². The Balaban J connectivity index is 1.88. The highest BCUT2D eigenvalue weighted by molar-refractivity contribution is 6.31. The van der Waals surface area contributed by atoms with Crippen LogP contribution in [-0.4, -0.2) is 16.4 Å². The first-order chi connectivity index (χ1) is 8.68. The highest BCUT2D eigenvalue weighted by atomic mass is 35.5. The first-order valence-electron chi connectivity index (χ1n) is 5.79. The van der Waals surface area contributed by atoms with Crippen molar-refractivity contribution < 1.29 is 4.74 Å². The number of hydrogen-bond acceptors (Lipinski definition) is 3. The molecule has 0 aliphatic heterocycles. The normalized spacial score (nSPS) is 12.4. The quantitative estimate of drug-likeness (QED) is 0.904. The molecule has 0 bridgehead atoms. The molecule has 0 aliphatic carbocycles. The Morgan fingerprint density at radius 1 is 1.39 bits per heavy atom. The Kier molecular flexibility index (Phi) is 4.23. The number of nitrogens with zero attached hydrogens (tertiary/aromatic N) is 2. The molecule has 0 radical (unpaired) electrons. The van der Waals surface area contributed by atoms with Crippen molar-refractivity contribution in [1.82, 2.24) is 9.78 Å². The molecule has 2 aromatic rings. The van der Waals surface area contributed by atoms with Crippen LogP contribution in [0.5, 0.6) is 5.75 Å². The SMILES string of the molecule is Cn1ncc(Cl)c1C(N)CCOc1ccccc1. The number of rotatable bonds is 5. The van der Waals surface area contributed by atoms with E-state index >= 15 is 0 Å². The van der Waals surface area contributed by atoms with Crippen molar-refractivity contribution in [2.24, 2.45) is 12.8 Å². The van der Waals surface area contributed by atoms with Crippen LogP contribution in [-0.2, 0) is 7.05 Å². The third-order valence-electron chi connectivity index (χ3n) is 2.73. The first kappa shape index (κ1) is 12.9. The second-order valence-corrected chi connectivity index (χ2v) is 4.47. The smallest absolute Gasteiger partial charge is 0.119 e. The maximum absolute atomic E-state index is 6.08. The summed E-state index contributed by atoms with van der Waals surface area (Å²) < 4.78 is 7.31. The van der Waals surface area contributed by atoms with E-state index in [0.29, 0.717) is 18.1 Å². The summed E-state index contributed by atoms with van der Waals surface area (Å²) >= 11 is 6.03. The molecule has 18 heavy (non-hydrogen) atoms. The van der Waals surface area contributed by atoms with Crippen molar-refractivity contribution in [3.8, 4) is 5.75 Å². The van der Waals surface area contributed by atoms with Crippen LogP contribution in [0.1, 0.15) is 18.2 Å². The van der Waals surface area contributed by atoms with E-state index < -0.39 is 0 Å². The standard InChI is InChI=1S/C13H16ClN3O/c1-17-13(11(14)9-16-17)12(15)7-8-18-10-5-3-2-4-6-10/h2-6,9,12H,7-8,15H2,1H3. The monoisotopic (exact) mass is 265 g/mol. The fourth-order valence-electron chi connectivity index (χ4n) is 1.79. The summed E-state index contributed by atoms with van der Waals surface area (Å²) in [5.41, 5.74) is 6.92. The Bertz CT molecular complexity index is 479. The number of ether oxygens (including phenoxy) is 1. The predicted octanol–water partition coefficient (Wildman–Crippen LogP) is 2.54. The van der Waals surface area contributed by atoms with E-state index in [1.54, 1.807) is 10.9 Å². The summed E-state index contributed by atoms with van der Waals surface area (Å²) in [6, 6.07) is 9.49. The van der Waals surface area contributed by atoms with Gasteiger partial charge in [-0.3, -0.25) is 4.68 Å². The Morgan fingerprint density at radius 2 is 2.11 bits per heavy atom. The van der Waals surface area contributed by atoms with Crippen LogP contribution in [0.25, 0.3) is 0 Å². The number of aryl methyl sites for hydroxylation is 1. The molecule has 0 amide bonds. The molecule has 0 saturated carbocycles. The molecular weight excluding hydrogens is 250 g/mol. The van der Waals surface area contributed by atoms with E-state index in [4.69, 9.17) is 22.1 Å². The zero-order valence-electron chi connectivity index (χ0n) is 10.2. The Labute approximate surface area is 111 Å². The third-order valence-corrected chi connectivity index (χ3v) is 3.02. The molecule has 1 unspecified atom stereocenters. The van der Waals surface area contributed by atoms with Crippen LogP contribution >= 0.6 is 11.6 Å². The van der Waals surface area contributed by atoms with Gasteiger partial charge in [-0.2, -0.15) is 5.10 Å². The predicted molar refractivity (Wildman–Crippen MR) is 71.7 cm³/mol. The van der Waals surface area contributed by atoms with Gasteiger partial charge in [-0.25, -0.2) is 0 Å². The number of benzene rings is 1. The summed E-state index contributed by atoms with van der Waals surface area (Å²) in [6.07, 6.45) is 2.29. The van der Waals surface area contributed by atoms with Crippen molar-refractivity contribution in [2.75, 3.05) is 6.61 Å². The first-order valence-corrected chi connectivity index (χ1v) is 6.17. The minimum atomic E-state index is -0.172. The molecule has 0 fully saturated rings. The second kappa shape index (κ2) is 5.89. The fraction of sp³-hybridized carbons (Fsp3) is 0.308. The topological polar surface area (TPSA) is 53.1 Å². The van der Waals surface area contributed by atoms with Crippen LogP contribution in [0.15, 0.2) is 36.5 Å². The Hall–Kier alpha value is -1.52. The number of halogens is 1.